The molecular weight excluding hydrogens is 411 g/mol. The Morgan fingerprint density at radius 1 is 1.28 bits per heavy atom. The number of aromatic nitrogens is 1. The number of nitrogens with one attached hydrogen (secondary N) is 1. The summed E-state index contributed by atoms with van der Waals surface area (Å²) < 4.78 is 68.8. The zero-order valence-corrected chi connectivity index (χ0v) is 15.7. The number of aliphatic carboxylic acids is 1. The average Bonchev–Trinajstić information content (AvgIpc) is 2.99. The van der Waals surface area contributed by atoms with Gasteiger partial charge in [-0.15, -0.1) is 0 Å². The van der Waals surface area contributed by atoms with Crippen molar-refractivity contribution in [3.05, 3.63) is 41.7 Å². The minimum atomic E-state index is -4.81. The average molecular weight is 427 g/mol. The number of halogens is 3. The van der Waals surface area contributed by atoms with Crippen molar-refractivity contribution >= 4 is 16.0 Å². The molecule has 2 aromatic rings. The van der Waals surface area contributed by atoms with E-state index < -0.39 is 39.2 Å². The van der Waals surface area contributed by atoms with E-state index in [1.54, 1.807) is 6.07 Å². The minimum Gasteiger partial charge on any atom is -0.480 e. The van der Waals surface area contributed by atoms with Crippen LogP contribution in [0.15, 0.2) is 35.5 Å². The molecule has 0 aliphatic heterocycles. The molecule has 0 atom stereocenters. The topological polar surface area (TPSA) is 112 Å². The summed E-state index contributed by atoms with van der Waals surface area (Å²) in [4.78, 5) is 10.3. The zero-order valence-electron chi connectivity index (χ0n) is 14.9. The molecule has 11 heteroatoms. The Balaban J connectivity index is 2.13. The Hall–Kier alpha value is -2.84. The van der Waals surface area contributed by atoms with Gasteiger partial charge in [0, 0.05) is 24.0 Å². The maximum Gasteiger partial charge on any atom is 0.416 e. The number of nitriles is 1. The number of benzene rings is 1. The summed E-state index contributed by atoms with van der Waals surface area (Å²) in [5, 5.41) is 18.2. The molecule has 0 amide bonds. The second-order valence-electron chi connectivity index (χ2n) is 6.76. The second-order valence-corrected chi connectivity index (χ2v) is 8.47. The molecule has 2 N–H and O–H groups in total. The van der Waals surface area contributed by atoms with Crippen LogP contribution < -0.4 is 4.72 Å². The molecule has 1 heterocycles. The van der Waals surface area contributed by atoms with E-state index in [1.807, 2.05) is 0 Å². The number of carboxylic acids is 1. The molecule has 7 nitrogen and oxygen atoms in total. The van der Waals surface area contributed by atoms with Crippen LogP contribution in [0.5, 0.6) is 0 Å². The molecule has 1 fully saturated rings. The number of rotatable bonds is 6. The molecule has 0 radical (unpaired) electrons. The van der Waals surface area contributed by atoms with E-state index in [-0.39, 0.29) is 22.7 Å². The zero-order chi connectivity index (χ0) is 21.4. The highest BCUT2D eigenvalue weighted by Crippen LogP contribution is 2.36. The maximum atomic E-state index is 13.4. The number of sulfonamides is 1. The maximum absolute atomic E-state index is 13.4. The first-order valence-electron chi connectivity index (χ1n) is 8.56. The van der Waals surface area contributed by atoms with Gasteiger partial charge in [-0.3, -0.25) is 4.79 Å². The number of nitrogens with zero attached hydrogens (tertiary/aromatic N) is 2. The number of hydrogen-bond donors (Lipinski definition) is 2. The highest BCUT2D eigenvalue weighted by Gasteiger charge is 2.34. The van der Waals surface area contributed by atoms with E-state index in [0.717, 1.165) is 23.1 Å². The third-order valence-electron chi connectivity index (χ3n) is 4.60. The Bertz CT molecular complexity index is 1100. The molecule has 3 rings (SSSR count). The normalized spacial score (nSPS) is 15.0. The predicted molar refractivity (Wildman–Crippen MR) is 95.2 cm³/mol. The van der Waals surface area contributed by atoms with Gasteiger partial charge in [0.25, 0.3) is 0 Å². The summed E-state index contributed by atoms with van der Waals surface area (Å²) in [6.45, 7) is -0.498. The number of alkyl halides is 3. The van der Waals surface area contributed by atoms with Crippen molar-refractivity contribution in [2.75, 3.05) is 0 Å². The standard InChI is InChI=1S/C18H16F3N3O4S/c19-18(20,21)13-4-11(16-9-24(10-17(25)26)8-12(16)7-22)5-15(6-13)29(27,28)23-14-2-1-3-14/h4-6,8-9,14,23H,1-3,10H2,(H,25,26). The quantitative estimate of drug-likeness (QED) is 0.736. The molecule has 154 valence electrons. The minimum absolute atomic E-state index is 0.0138. The predicted octanol–water partition coefficient (Wildman–Crippen LogP) is 2.96. The smallest absolute Gasteiger partial charge is 0.416 e. The van der Waals surface area contributed by atoms with Gasteiger partial charge >= 0.3 is 12.1 Å². The van der Waals surface area contributed by atoms with Gasteiger partial charge in [-0.2, -0.15) is 18.4 Å². The fourth-order valence-electron chi connectivity index (χ4n) is 2.96. The summed E-state index contributed by atoms with van der Waals surface area (Å²) in [6, 6.07) is 3.82. The fraction of sp³-hybridized carbons (Fsp3) is 0.333. The first-order chi connectivity index (χ1) is 13.5. The third-order valence-corrected chi connectivity index (χ3v) is 6.10. The van der Waals surface area contributed by atoms with Crippen LogP contribution in [0.25, 0.3) is 11.1 Å². The molecule has 1 aromatic heterocycles. The highest BCUT2D eigenvalue weighted by atomic mass is 32.2. The van der Waals surface area contributed by atoms with Crippen molar-refractivity contribution < 1.29 is 31.5 Å². The molecule has 1 saturated carbocycles. The van der Waals surface area contributed by atoms with Gasteiger partial charge in [-0.05, 0) is 36.6 Å². The van der Waals surface area contributed by atoms with Gasteiger partial charge < -0.3 is 9.67 Å². The van der Waals surface area contributed by atoms with Gasteiger partial charge in [0.15, 0.2) is 0 Å². The molecule has 0 unspecified atom stereocenters. The number of carboxylic acid groups (broad SMARTS) is 1. The Morgan fingerprint density at radius 3 is 2.48 bits per heavy atom. The first-order valence-corrected chi connectivity index (χ1v) is 10.0. The molecule has 29 heavy (non-hydrogen) atoms. The molecule has 0 spiro atoms. The summed E-state index contributed by atoms with van der Waals surface area (Å²) in [6.07, 6.45) is -0.359. The van der Waals surface area contributed by atoms with E-state index >= 15 is 0 Å². The van der Waals surface area contributed by atoms with Gasteiger partial charge in [0.2, 0.25) is 10.0 Å². The molecule has 0 saturated heterocycles. The third kappa shape index (κ3) is 4.60. The van der Waals surface area contributed by atoms with Crippen LogP contribution in [-0.2, 0) is 27.5 Å². The lowest BCUT2D eigenvalue weighted by atomic mass is 9.94. The van der Waals surface area contributed by atoms with Crippen LogP contribution in [0.2, 0.25) is 0 Å². The fourth-order valence-corrected chi connectivity index (χ4v) is 4.34. The molecule has 0 bridgehead atoms. The highest BCUT2D eigenvalue weighted by molar-refractivity contribution is 7.89. The van der Waals surface area contributed by atoms with Crippen LogP contribution in [0.4, 0.5) is 13.2 Å². The van der Waals surface area contributed by atoms with Crippen LogP contribution >= 0.6 is 0 Å². The van der Waals surface area contributed by atoms with E-state index in [2.05, 4.69) is 4.72 Å². The summed E-state index contributed by atoms with van der Waals surface area (Å²) >= 11 is 0. The SMILES string of the molecule is N#Cc1cn(CC(=O)O)cc1-c1cc(C(F)(F)F)cc(S(=O)(=O)NC2CCC2)c1. The van der Waals surface area contributed by atoms with Crippen LogP contribution in [0, 0.1) is 11.3 Å². The van der Waals surface area contributed by atoms with Crippen molar-refractivity contribution in [3.63, 3.8) is 0 Å². The van der Waals surface area contributed by atoms with E-state index in [0.29, 0.717) is 18.9 Å². The van der Waals surface area contributed by atoms with Gasteiger partial charge in [0.1, 0.15) is 12.6 Å². The number of hydrogen-bond acceptors (Lipinski definition) is 4. The van der Waals surface area contributed by atoms with Crippen molar-refractivity contribution in [1.82, 2.24) is 9.29 Å². The van der Waals surface area contributed by atoms with Gasteiger partial charge in [0.05, 0.1) is 16.0 Å². The first kappa shape index (κ1) is 20.9. The summed E-state index contributed by atoms with van der Waals surface area (Å²) in [7, 11) is -4.20. The lowest BCUT2D eigenvalue weighted by molar-refractivity contribution is -0.138. The van der Waals surface area contributed by atoms with E-state index in [1.165, 1.54) is 12.4 Å². The lowest BCUT2D eigenvalue weighted by Crippen LogP contribution is -2.39. The van der Waals surface area contributed by atoms with Crippen molar-refractivity contribution in [2.24, 2.45) is 0 Å². The summed E-state index contributed by atoms with van der Waals surface area (Å²) in [5.74, 6) is -1.20. The Kier molecular flexibility index (Phi) is 5.42. The van der Waals surface area contributed by atoms with Gasteiger partial charge in [-0.25, -0.2) is 13.1 Å². The molecule has 1 aliphatic rings. The van der Waals surface area contributed by atoms with Gasteiger partial charge in [-0.1, -0.05) is 6.42 Å². The van der Waals surface area contributed by atoms with E-state index in [4.69, 9.17) is 5.11 Å². The van der Waals surface area contributed by atoms with Crippen LogP contribution in [-0.4, -0.2) is 30.1 Å². The van der Waals surface area contributed by atoms with Crippen molar-refractivity contribution in [3.8, 4) is 17.2 Å². The Morgan fingerprint density at radius 2 is 1.97 bits per heavy atom. The van der Waals surface area contributed by atoms with Crippen molar-refractivity contribution in [1.29, 1.82) is 5.26 Å². The monoisotopic (exact) mass is 427 g/mol. The lowest BCUT2D eigenvalue weighted by Gasteiger charge is -2.26. The molecule has 1 aromatic carbocycles. The Labute approximate surface area is 164 Å². The molecule has 1 aliphatic carbocycles. The van der Waals surface area contributed by atoms with Crippen LogP contribution in [0.3, 0.4) is 0 Å². The number of carbonyl (C=O) groups is 1. The van der Waals surface area contributed by atoms with Crippen molar-refractivity contribution in [2.45, 2.75) is 42.9 Å². The molecular formula is C18H16F3N3O4S. The second kappa shape index (κ2) is 7.53. The van der Waals surface area contributed by atoms with Crippen LogP contribution in [0.1, 0.15) is 30.4 Å². The largest absolute Gasteiger partial charge is 0.480 e. The van der Waals surface area contributed by atoms with E-state index in [9.17, 15) is 31.6 Å². The summed E-state index contributed by atoms with van der Waals surface area (Å²) in [5.41, 5.74) is -1.38.